The van der Waals surface area contributed by atoms with E-state index in [2.05, 4.69) is 20.4 Å². The molecule has 0 radical (unpaired) electrons. The van der Waals surface area contributed by atoms with E-state index in [1.807, 2.05) is 19.9 Å². The highest BCUT2D eigenvalue weighted by Gasteiger charge is 2.15. The van der Waals surface area contributed by atoms with Crippen LogP contribution in [0.5, 0.6) is 0 Å². The van der Waals surface area contributed by atoms with Crippen LogP contribution in [0.1, 0.15) is 47.0 Å². The first-order valence-corrected chi connectivity index (χ1v) is 5.02. The van der Waals surface area contributed by atoms with Gasteiger partial charge in [0.15, 0.2) is 0 Å². The molecule has 70 valence electrons. The molecule has 0 heterocycles. The highest BCUT2D eigenvalue weighted by molar-refractivity contribution is 5.20. The van der Waals surface area contributed by atoms with Crippen molar-refractivity contribution < 1.29 is 0 Å². The van der Waals surface area contributed by atoms with Crippen LogP contribution in [0.25, 0.3) is 0 Å². The van der Waals surface area contributed by atoms with Gasteiger partial charge in [-0.05, 0) is 32.1 Å². The molecule has 0 aromatic rings. The molecule has 12 heavy (non-hydrogen) atoms. The van der Waals surface area contributed by atoms with Gasteiger partial charge in [-0.25, -0.2) is 0 Å². The summed E-state index contributed by atoms with van der Waals surface area (Å²) >= 11 is 0. The minimum absolute atomic E-state index is 0.884. The molecule has 0 N–H and O–H groups in total. The molecule has 0 aromatic heterocycles. The zero-order valence-electron chi connectivity index (χ0n) is 8.98. The van der Waals surface area contributed by atoms with Crippen LogP contribution in [0.3, 0.4) is 0 Å². The Labute approximate surface area is 77.4 Å². The summed E-state index contributed by atoms with van der Waals surface area (Å²) in [6.07, 6.45) is 5.73. The first-order chi connectivity index (χ1) is 5.74. The first kappa shape index (κ1) is 11.5. The maximum absolute atomic E-state index is 3.75. The van der Waals surface area contributed by atoms with E-state index in [1.54, 1.807) is 11.1 Å². The Kier molecular flexibility index (Phi) is 5.79. The third-order valence-electron chi connectivity index (χ3n) is 2.24. The number of rotatable bonds is 2. The second kappa shape index (κ2) is 6.05. The molecule has 1 rings (SSSR count). The second-order valence-corrected chi connectivity index (χ2v) is 3.39. The molecular formula is C12H22. The monoisotopic (exact) mass is 166 g/mol. The van der Waals surface area contributed by atoms with Gasteiger partial charge >= 0.3 is 0 Å². The number of hydrogen-bond donors (Lipinski definition) is 0. The van der Waals surface area contributed by atoms with Crippen LogP contribution < -0.4 is 0 Å². The Balaban J connectivity index is 0.000000561. The third kappa shape index (κ3) is 3.25. The van der Waals surface area contributed by atoms with Crippen molar-refractivity contribution in [2.24, 2.45) is 5.92 Å². The largest absolute Gasteiger partial charge is 0.103 e. The molecular weight excluding hydrogens is 144 g/mol. The van der Waals surface area contributed by atoms with Gasteiger partial charge in [-0.15, -0.1) is 6.58 Å². The van der Waals surface area contributed by atoms with Gasteiger partial charge in [0, 0.05) is 0 Å². The summed E-state index contributed by atoms with van der Waals surface area (Å²) in [6.45, 7) is 12.3. The lowest BCUT2D eigenvalue weighted by molar-refractivity contribution is 0.617. The summed E-state index contributed by atoms with van der Waals surface area (Å²) in [6, 6.07) is 0. The molecule has 0 spiro atoms. The average Bonchev–Trinajstić information content (AvgIpc) is 2.35. The van der Waals surface area contributed by atoms with Crippen molar-refractivity contribution in [1.29, 1.82) is 0 Å². The normalized spacial score (nSPS) is 21.8. The van der Waals surface area contributed by atoms with Crippen molar-refractivity contribution in [2.75, 3.05) is 0 Å². The zero-order valence-corrected chi connectivity index (χ0v) is 8.98. The highest BCUT2D eigenvalue weighted by atomic mass is 14.2. The first-order valence-electron chi connectivity index (χ1n) is 5.02. The van der Waals surface area contributed by atoms with Crippen molar-refractivity contribution in [1.82, 2.24) is 0 Å². The van der Waals surface area contributed by atoms with Crippen LogP contribution in [-0.2, 0) is 0 Å². The summed E-state index contributed by atoms with van der Waals surface area (Å²) in [5.41, 5.74) is 3.23. The third-order valence-corrected chi connectivity index (χ3v) is 2.24. The number of hydrogen-bond acceptors (Lipinski definition) is 0. The second-order valence-electron chi connectivity index (χ2n) is 3.39. The molecule has 0 heteroatoms. The van der Waals surface area contributed by atoms with Crippen LogP contribution in [0.4, 0.5) is 0 Å². The molecule has 0 saturated heterocycles. The zero-order chi connectivity index (χ0) is 9.56. The predicted molar refractivity (Wildman–Crippen MR) is 57.3 cm³/mol. The van der Waals surface area contributed by atoms with Crippen LogP contribution in [-0.4, -0.2) is 0 Å². The van der Waals surface area contributed by atoms with Gasteiger partial charge < -0.3 is 0 Å². The quantitative estimate of drug-likeness (QED) is 0.535. The van der Waals surface area contributed by atoms with Crippen LogP contribution in [0.15, 0.2) is 23.8 Å². The van der Waals surface area contributed by atoms with Gasteiger partial charge in [-0.1, -0.05) is 38.0 Å². The van der Waals surface area contributed by atoms with Crippen molar-refractivity contribution in [3.8, 4) is 0 Å². The fourth-order valence-corrected chi connectivity index (χ4v) is 1.77. The maximum atomic E-state index is 3.75. The molecule has 0 aromatic carbocycles. The standard InChI is InChI=1S/C10H16.C2H6/c1-4-5-10-7-8(2)6-9(10)3;1-2/h4,8H,1,5-7H2,2-3H3;1-2H3. The highest BCUT2D eigenvalue weighted by Crippen LogP contribution is 2.32. The maximum Gasteiger partial charge on any atom is -0.0139 e. The van der Waals surface area contributed by atoms with E-state index in [1.165, 1.54) is 12.8 Å². The van der Waals surface area contributed by atoms with Crippen LogP contribution in [0, 0.1) is 5.92 Å². The topological polar surface area (TPSA) is 0 Å². The van der Waals surface area contributed by atoms with Crippen molar-refractivity contribution in [3.05, 3.63) is 23.8 Å². The molecule has 0 bridgehead atoms. The molecule has 1 atom stereocenters. The molecule has 0 nitrogen and oxygen atoms in total. The lowest BCUT2D eigenvalue weighted by Gasteiger charge is -1.98. The Morgan fingerprint density at radius 1 is 1.42 bits per heavy atom. The average molecular weight is 166 g/mol. The van der Waals surface area contributed by atoms with Gasteiger partial charge in [0.2, 0.25) is 0 Å². The van der Waals surface area contributed by atoms with Crippen LogP contribution in [0.2, 0.25) is 0 Å². The van der Waals surface area contributed by atoms with E-state index in [4.69, 9.17) is 0 Å². The Bertz CT molecular complexity index is 163. The summed E-state index contributed by atoms with van der Waals surface area (Å²) in [4.78, 5) is 0. The summed E-state index contributed by atoms with van der Waals surface area (Å²) in [5.74, 6) is 0.884. The van der Waals surface area contributed by atoms with Crippen LogP contribution >= 0.6 is 0 Å². The molecule has 0 saturated carbocycles. The SMILES string of the molecule is C=CCC1=C(C)CC(C)C1.CC. The fourth-order valence-electron chi connectivity index (χ4n) is 1.77. The minimum atomic E-state index is 0.884. The Morgan fingerprint density at radius 3 is 2.33 bits per heavy atom. The van der Waals surface area contributed by atoms with E-state index in [-0.39, 0.29) is 0 Å². The summed E-state index contributed by atoms with van der Waals surface area (Å²) in [7, 11) is 0. The summed E-state index contributed by atoms with van der Waals surface area (Å²) < 4.78 is 0. The van der Waals surface area contributed by atoms with E-state index in [0.717, 1.165) is 12.3 Å². The lowest BCUT2D eigenvalue weighted by Crippen LogP contribution is -1.84. The van der Waals surface area contributed by atoms with Gasteiger partial charge in [0.1, 0.15) is 0 Å². The minimum Gasteiger partial charge on any atom is -0.103 e. The van der Waals surface area contributed by atoms with E-state index in [9.17, 15) is 0 Å². The Hall–Kier alpha value is -0.520. The van der Waals surface area contributed by atoms with Crippen molar-refractivity contribution >= 4 is 0 Å². The Morgan fingerprint density at radius 2 is 2.00 bits per heavy atom. The van der Waals surface area contributed by atoms with E-state index in [0.29, 0.717) is 0 Å². The van der Waals surface area contributed by atoms with Gasteiger partial charge in [0.05, 0.1) is 0 Å². The van der Waals surface area contributed by atoms with Gasteiger partial charge in [-0.3, -0.25) is 0 Å². The number of allylic oxidation sites excluding steroid dienone is 3. The molecule has 1 aliphatic carbocycles. The van der Waals surface area contributed by atoms with Gasteiger partial charge in [-0.2, -0.15) is 0 Å². The molecule has 0 fully saturated rings. The van der Waals surface area contributed by atoms with E-state index < -0.39 is 0 Å². The fraction of sp³-hybridized carbons (Fsp3) is 0.667. The molecule has 1 unspecified atom stereocenters. The lowest BCUT2D eigenvalue weighted by atomic mass is 10.1. The molecule has 0 aliphatic heterocycles. The molecule has 0 amide bonds. The van der Waals surface area contributed by atoms with Crippen molar-refractivity contribution in [3.63, 3.8) is 0 Å². The molecule has 1 aliphatic rings. The predicted octanol–water partition coefficient (Wildman–Crippen LogP) is 4.34. The van der Waals surface area contributed by atoms with Gasteiger partial charge in [0.25, 0.3) is 0 Å². The van der Waals surface area contributed by atoms with Crippen molar-refractivity contribution in [2.45, 2.75) is 47.0 Å². The van der Waals surface area contributed by atoms with E-state index >= 15 is 0 Å². The smallest absolute Gasteiger partial charge is 0.0139 e. The summed E-state index contributed by atoms with van der Waals surface area (Å²) in [5, 5.41) is 0.